The molecule has 1 rings (SSSR count). The third-order valence-electron chi connectivity index (χ3n) is 1.48. The van der Waals surface area contributed by atoms with Gasteiger partial charge in [0.1, 0.15) is 0 Å². The lowest BCUT2D eigenvalue weighted by Crippen LogP contribution is -1.79. The molecule has 0 radical (unpaired) electrons. The van der Waals surface area contributed by atoms with Gasteiger partial charge < -0.3 is 0 Å². The van der Waals surface area contributed by atoms with Crippen LogP contribution in [0.5, 0.6) is 0 Å². The zero-order valence-corrected chi connectivity index (χ0v) is 8.96. The first-order chi connectivity index (χ1) is 5.93. The molecule has 0 spiro atoms. The van der Waals surface area contributed by atoms with Gasteiger partial charge in [-0.3, -0.25) is 0 Å². The maximum Gasteiger partial charge on any atom is 0.0395 e. The standard InChI is InChI=1S/C10H14S2/c1-2-11-9-12-8-10-6-4-3-5-7-10/h3-7H,2,8-9H2,1H3. The van der Waals surface area contributed by atoms with Crippen molar-refractivity contribution in [3.05, 3.63) is 35.9 Å². The maximum absolute atomic E-state index is 2.20. The lowest BCUT2D eigenvalue weighted by molar-refractivity contribution is 1.42. The highest BCUT2D eigenvalue weighted by Crippen LogP contribution is 2.16. The fourth-order valence-corrected chi connectivity index (χ4v) is 2.78. The highest BCUT2D eigenvalue weighted by atomic mass is 32.2. The maximum atomic E-state index is 2.20. The smallest absolute Gasteiger partial charge is 0.0395 e. The summed E-state index contributed by atoms with van der Waals surface area (Å²) in [6, 6.07) is 10.6. The van der Waals surface area contributed by atoms with Gasteiger partial charge in [0.25, 0.3) is 0 Å². The Morgan fingerprint density at radius 3 is 2.50 bits per heavy atom. The van der Waals surface area contributed by atoms with Crippen molar-refractivity contribution in [1.82, 2.24) is 0 Å². The topological polar surface area (TPSA) is 0 Å². The summed E-state index contributed by atoms with van der Waals surface area (Å²) < 4.78 is 0. The quantitative estimate of drug-likeness (QED) is 0.523. The van der Waals surface area contributed by atoms with Crippen LogP contribution in [0, 0.1) is 0 Å². The first-order valence-electron chi connectivity index (χ1n) is 4.13. The van der Waals surface area contributed by atoms with Crippen molar-refractivity contribution in [1.29, 1.82) is 0 Å². The summed E-state index contributed by atoms with van der Waals surface area (Å²) in [6.45, 7) is 2.20. The average Bonchev–Trinajstić information content (AvgIpc) is 2.14. The Balaban J connectivity index is 2.16. The molecule has 0 amide bonds. The fourth-order valence-electron chi connectivity index (χ4n) is 0.876. The molecule has 0 nitrogen and oxygen atoms in total. The highest BCUT2D eigenvalue weighted by Gasteiger charge is 1.90. The van der Waals surface area contributed by atoms with Gasteiger partial charge in [0, 0.05) is 10.8 Å². The summed E-state index contributed by atoms with van der Waals surface area (Å²) in [7, 11) is 0. The monoisotopic (exact) mass is 198 g/mol. The first kappa shape index (κ1) is 10.0. The molecule has 12 heavy (non-hydrogen) atoms. The molecule has 0 aliphatic heterocycles. The molecule has 0 N–H and O–H groups in total. The molecule has 1 aromatic carbocycles. The first-order valence-corrected chi connectivity index (χ1v) is 6.44. The Bertz CT molecular complexity index is 196. The van der Waals surface area contributed by atoms with E-state index in [2.05, 4.69) is 37.3 Å². The molecule has 0 saturated heterocycles. The van der Waals surface area contributed by atoms with Gasteiger partial charge in [0.15, 0.2) is 0 Å². The largest absolute Gasteiger partial charge is 0.151 e. The summed E-state index contributed by atoms with van der Waals surface area (Å²) in [6.07, 6.45) is 0. The summed E-state index contributed by atoms with van der Waals surface area (Å²) in [4.78, 5) is 0. The molecule has 0 unspecified atom stereocenters. The van der Waals surface area contributed by atoms with E-state index < -0.39 is 0 Å². The van der Waals surface area contributed by atoms with Gasteiger partial charge in [-0.2, -0.15) is 11.8 Å². The van der Waals surface area contributed by atoms with Crippen LogP contribution in [-0.2, 0) is 5.75 Å². The molecule has 1 aromatic rings. The molecule has 0 atom stereocenters. The zero-order valence-electron chi connectivity index (χ0n) is 7.32. The average molecular weight is 198 g/mol. The molecule has 66 valence electrons. The van der Waals surface area contributed by atoms with Crippen molar-refractivity contribution < 1.29 is 0 Å². The Labute approximate surface area is 83.1 Å². The van der Waals surface area contributed by atoms with Crippen LogP contribution in [-0.4, -0.2) is 10.8 Å². The van der Waals surface area contributed by atoms with E-state index >= 15 is 0 Å². The molecule has 0 aliphatic carbocycles. The molecule has 0 heterocycles. The minimum absolute atomic E-state index is 1.15. The molecular formula is C10H14S2. The molecule has 2 heteroatoms. The van der Waals surface area contributed by atoms with Crippen LogP contribution in [0.2, 0.25) is 0 Å². The van der Waals surface area contributed by atoms with E-state index in [4.69, 9.17) is 0 Å². The van der Waals surface area contributed by atoms with Crippen molar-refractivity contribution in [3.8, 4) is 0 Å². The third-order valence-corrected chi connectivity index (χ3v) is 3.76. The van der Waals surface area contributed by atoms with E-state index in [9.17, 15) is 0 Å². The second-order valence-corrected chi connectivity index (χ2v) is 5.07. The number of hydrogen-bond acceptors (Lipinski definition) is 2. The van der Waals surface area contributed by atoms with Crippen molar-refractivity contribution in [2.45, 2.75) is 12.7 Å². The Kier molecular flexibility index (Phi) is 5.37. The van der Waals surface area contributed by atoms with Gasteiger partial charge >= 0.3 is 0 Å². The number of benzene rings is 1. The second kappa shape index (κ2) is 6.44. The minimum atomic E-state index is 1.15. The van der Waals surface area contributed by atoms with E-state index in [1.807, 2.05) is 23.5 Å². The minimum Gasteiger partial charge on any atom is -0.151 e. The number of hydrogen-bond donors (Lipinski definition) is 0. The van der Waals surface area contributed by atoms with Crippen LogP contribution >= 0.6 is 23.5 Å². The summed E-state index contributed by atoms with van der Waals surface area (Å²) in [5.41, 5.74) is 1.43. The van der Waals surface area contributed by atoms with E-state index in [-0.39, 0.29) is 0 Å². The van der Waals surface area contributed by atoms with Crippen LogP contribution in [0.25, 0.3) is 0 Å². The molecular weight excluding hydrogens is 184 g/mol. The predicted octanol–water partition coefficient (Wildman–Crippen LogP) is 3.63. The van der Waals surface area contributed by atoms with Gasteiger partial charge in [-0.25, -0.2) is 0 Å². The molecule has 0 fully saturated rings. The fraction of sp³-hybridized carbons (Fsp3) is 0.400. The van der Waals surface area contributed by atoms with Gasteiger partial charge in [-0.05, 0) is 11.3 Å². The third kappa shape index (κ3) is 4.07. The molecule has 0 saturated carbocycles. The van der Waals surface area contributed by atoms with Crippen LogP contribution < -0.4 is 0 Å². The molecule has 0 aromatic heterocycles. The van der Waals surface area contributed by atoms with E-state index in [0.29, 0.717) is 0 Å². The Hall–Kier alpha value is -0.0800. The lowest BCUT2D eigenvalue weighted by Gasteiger charge is -1.99. The molecule has 0 aliphatic rings. The highest BCUT2D eigenvalue weighted by molar-refractivity contribution is 8.15. The number of thioether (sulfide) groups is 2. The van der Waals surface area contributed by atoms with Crippen molar-refractivity contribution >= 4 is 23.5 Å². The summed E-state index contributed by atoms with van der Waals surface area (Å²) >= 11 is 3.98. The van der Waals surface area contributed by atoms with Crippen molar-refractivity contribution in [2.75, 3.05) is 10.8 Å². The lowest BCUT2D eigenvalue weighted by atomic mass is 10.2. The second-order valence-electron chi connectivity index (χ2n) is 2.44. The van der Waals surface area contributed by atoms with Crippen LogP contribution in [0.4, 0.5) is 0 Å². The van der Waals surface area contributed by atoms with Gasteiger partial charge in [-0.15, -0.1) is 11.8 Å². The Morgan fingerprint density at radius 1 is 1.08 bits per heavy atom. The summed E-state index contributed by atoms with van der Waals surface area (Å²) in [5, 5.41) is 1.21. The van der Waals surface area contributed by atoms with E-state index in [1.165, 1.54) is 16.4 Å². The van der Waals surface area contributed by atoms with Crippen LogP contribution in [0.1, 0.15) is 12.5 Å². The SMILES string of the molecule is CCSCSCc1ccccc1. The normalized spacial score (nSPS) is 10.1. The number of rotatable bonds is 5. The summed E-state index contributed by atoms with van der Waals surface area (Å²) in [5.74, 6) is 2.37. The van der Waals surface area contributed by atoms with Gasteiger partial charge in [-0.1, -0.05) is 37.3 Å². The van der Waals surface area contributed by atoms with Gasteiger partial charge in [0.05, 0.1) is 0 Å². The van der Waals surface area contributed by atoms with E-state index in [0.717, 1.165) is 5.75 Å². The van der Waals surface area contributed by atoms with Crippen LogP contribution in [0.3, 0.4) is 0 Å². The Morgan fingerprint density at radius 2 is 1.83 bits per heavy atom. The van der Waals surface area contributed by atoms with Crippen molar-refractivity contribution in [2.24, 2.45) is 0 Å². The van der Waals surface area contributed by atoms with Gasteiger partial charge in [0.2, 0.25) is 0 Å². The zero-order chi connectivity index (χ0) is 8.65. The van der Waals surface area contributed by atoms with E-state index in [1.54, 1.807) is 0 Å². The molecule has 0 bridgehead atoms. The van der Waals surface area contributed by atoms with Crippen LogP contribution in [0.15, 0.2) is 30.3 Å². The van der Waals surface area contributed by atoms with Crippen molar-refractivity contribution in [3.63, 3.8) is 0 Å². The predicted molar refractivity (Wildman–Crippen MR) is 60.7 cm³/mol.